The van der Waals surface area contributed by atoms with Crippen molar-refractivity contribution in [2.24, 2.45) is 0 Å². The Kier molecular flexibility index (Phi) is 3.59. The zero-order valence-electron chi connectivity index (χ0n) is 9.97. The number of aliphatic hydroxyl groups is 1. The van der Waals surface area contributed by atoms with Crippen molar-refractivity contribution in [2.45, 2.75) is 77.1 Å². The van der Waals surface area contributed by atoms with Gasteiger partial charge >= 0.3 is 0 Å². The fourth-order valence-corrected chi connectivity index (χ4v) is 1.89. The maximum atomic E-state index is 9.86. The molecule has 1 heterocycles. The fourth-order valence-electron chi connectivity index (χ4n) is 1.89. The molecule has 0 radical (unpaired) electrons. The Hall–Kier alpha value is -0.0800. The highest BCUT2D eigenvalue weighted by Gasteiger charge is 2.60. The summed E-state index contributed by atoms with van der Waals surface area (Å²) in [4.78, 5) is 0. The molecule has 1 fully saturated rings. The third kappa shape index (κ3) is 2.48. The lowest BCUT2D eigenvalue weighted by Gasteiger charge is -2.22. The Morgan fingerprint density at radius 1 is 1.29 bits per heavy atom. The van der Waals surface area contributed by atoms with E-state index in [1.54, 1.807) is 0 Å². The number of unbranched alkanes of at least 4 members (excludes halogenated alkanes) is 3. The Morgan fingerprint density at radius 3 is 2.36 bits per heavy atom. The van der Waals surface area contributed by atoms with Crippen LogP contribution in [0.1, 0.15) is 59.8 Å². The first-order valence-electron chi connectivity index (χ1n) is 5.82. The molecule has 2 heteroatoms. The van der Waals surface area contributed by atoms with E-state index in [1.165, 1.54) is 25.7 Å². The van der Waals surface area contributed by atoms with Gasteiger partial charge < -0.3 is 9.84 Å². The molecule has 84 valence electrons. The van der Waals surface area contributed by atoms with Gasteiger partial charge in [0.1, 0.15) is 5.60 Å². The first-order chi connectivity index (χ1) is 6.42. The van der Waals surface area contributed by atoms with Gasteiger partial charge in [0, 0.05) is 0 Å². The summed E-state index contributed by atoms with van der Waals surface area (Å²) in [7, 11) is 0. The Labute approximate surface area is 87.7 Å². The zero-order chi connectivity index (χ0) is 10.8. The standard InChI is InChI=1S/C12H24O2/c1-5-6-7-8-9-10-12(4,14-10)11(2,3)13/h10,13H,5-9H2,1-4H3. The molecule has 14 heavy (non-hydrogen) atoms. The van der Waals surface area contributed by atoms with Gasteiger partial charge in [-0.1, -0.05) is 32.6 Å². The Bertz CT molecular complexity index is 183. The van der Waals surface area contributed by atoms with E-state index >= 15 is 0 Å². The summed E-state index contributed by atoms with van der Waals surface area (Å²) >= 11 is 0. The second kappa shape index (κ2) is 4.19. The van der Waals surface area contributed by atoms with E-state index in [0.717, 1.165) is 6.42 Å². The SMILES string of the molecule is CCCCCCC1OC1(C)C(C)(C)O. The zero-order valence-corrected chi connectivity index (χ0v) is 9.97. The number of rotatable bonds is 6. The second-order valence-electron chi connectivity index (χ2n) is 5.12. The maximum absolute atomic E-state index is 9.86. The van der Waals surface area contributed by atoms with E-state index in [2.05, 4.69) is 6.92 Å². The van der Waals surface area contributed by atoms with Crippen LogP contribution in [0.4, 0.5) is 0 Å². The summed E-state index contributed by atoms with van der Waals surface area (Å²) in [5.74, 6) is 0. The van der Waals surface area contributed by atoms with E-state index in [1.807, 2.05) is 20.8 Å². The number of ether oxygens (including phenoxy) is 1. The molecule has 2 atom stereocenters. The van der Waals surface area contributed by atoms with Gasteiger partial charge in [-0.15, -0.1) is 0 Å². The highest BCUT2D eigenvalue weighted by atomic mass is 16.6. The first kappa shape index (κ1) is 12.0. The molecule has 1 saturated heterocycles. The van der Waals surface area contributed by atoms with Crippen molar-refractivity contribution < 1.29 is 9.84 Å². The third-order valence-electron chi connectivity index (χ3n) is 3.48. The molecule has 1 aliphatic rings. The van der Waals surface area contributed by atoms with Crippen molar-refractivity contribution in [1.29, 1.82) is 0 Å². The molecule has 0 saturated carbocycles. The largest absolute Gasteiger partial charge is 0.387 e. The summed E-state index contributed by atoms with van der Waals surface area (Å²) < 4.78 is 5.60. The van der Waals surface area contributed by atoms with Crippen LogP contribution in [-0.2, 0) is 4.74 Å². The van der Waals surface area contributed by atoms with Gasteiger partial charge in [0.25, 0.3) is 0 Å². The van der Waals surface area contributed by atoms with E-state index < -0.39 is 5.60 Å². The van der Waals surface area contributed by atoms with Crippen LogP contribution in [0.2, 0.25) is 0 Å². The molecule has 1 rings (SSSR count). The molecule has 0 aromatic rings. The first-order valence-corrected chi connectivity index (χ1v) is 5.82. The smallest absolute Gasteiger partial charge is 0.120 e. The van der Waals surface area contributed by atoms with E-state index in [-0.39, 0.29) is 11.7 Å². The van der Waals surface area contributed by atoms with Gasteiger partial charge in [0.15, 0.2) is 0 Å². The third-order valence-corrected chi connectivity index (χ3v) is 3.48. The molecule has 0 amide bonds. The summed E-state index contributed by atoms with van der Waals surface area (Å²) in [5.41, 5.74) is -0.998. The highest BCUT2D eigenvalue weighted by Crippen LogP contribution is 2.47. The average Bonchev–Trinajstić information content (AvgIpc) is 2.72. The van der Waals surface area contributed by atoms with Gasteiger partial charge in [-0.25, -0.2) is 0 Å². The highest BCUT2D eigenvalue weighted by molar-refractivity contribution is 5.08. The normalized spacial score (nSPS) is 31.9. The summed E-state index contributed by atoms with van der Waals surface area (Å²) in [6, 6.07) is 0. The van der Waals surface area contributed by atoms with Crippen molar-refractivity contribution in [3.63, 3.8) is 0 Å². The molecule has 0 aromatic heterocycles. The lowest BCUT2D eigenvalue weighted by Crippen LogP contribution is -2.38. The minimum atomic E-state index is -0.706. The minimum absolute atomic E-state index is 0.277. The quantitative estimate of drug-likeness (QED) is 0.528. The van der Waals surface area contributed by atoms with Crippen molar-refractivity contribution in [2.75, 3.05) is 0 Å². The molecule has 0 aromatic carbocycles. The lowest BCUT2D eigenvalue weighted by atomic mass is 9.87. The Balaban J connectivity index is 2.19. The van der Waals surface area contributed by atoms with E-state index in [9.17, 15) is 5.11 Å². The van der Waals surface area contributed by atoms with Gasteiger partial charge in [0.05, 0.1) is 11.7 Å². The van der Waals surface area contributed by atoms with Crippen LogP contribution in [-0.4, -0.2) is 22.4 Å². The van der Waals surface area contributed by atoms with Crippen LogP contribution in [0.5, 0.6) is 0 Å². The minimum Gasteiger partial charge on any atom is -0.387 e. The number of hydrogen-bond acceptors (Lipinski definition) is 2. The van der Waals surface area contributed by atoms with Crippen molar-refractivity contribution in [1.82, 2.24) is 0 Å². The molecule has 0 aliphatic carbocycles. The van der Waals surface area contributed by atoms with Gasteiger partial charge in [-0.05, 0) is 27.2 Å². The summed E-state index contributed by atoms with van der Waals surface area (Å²) in [6.45, 7) is 7.89. The van der Waals surface area contributed by atoms with Crippen LogP contribution >= 0.6 is 0 Å². The maximum Gasteiger partial charge on any atom is 0.120 e. The van der Waals surface area contributed by atoms with Crippen molar-refractivity contribution in [3.8, 4) is 0 Å². The molecular formula is C12H24O2. The molecule has 0 spiro atoms. The monoisotopic (exact) mass is 200 g/mol. The molecule has 2 unspecified atom stereocenters. The predicted octanol–water partition coefficient (Wildman–Crippen LogP) is 2.89. The van der Waals surface area contributed by atoms with Crippen LogP contribution in [0.15, 0.2) is 0 Å². The van der Waals surface area contributed by atoms with Gasteiger partial charge in [-0.2, -0.15) is 0 Å². The van der Waals surface area contributed by atoms with Crippen LogP contribution in [0.25, 0.3) is 0 Å². The van der Waals surface area contributed by atoms with Crippen molar-refractivity contribution in [3.05, 3.63) is 0 Å². The topological polar surface area (TPSA) is 32.8 Å². The average molecular weight is 200 g/mol. The predicted molar refractivity (Wildman–Crippen MR) is 58.3 cm³/mol. The molecule has 1 N–H and O–H groups in total. The van der Waals surface area contributed by atoms with Crippen LogP contribution in [0, 0.1) is 0 Å². The summed E-state index contributed by atoms with van der Waals surface area (Å²) in [5, 5.41) is 9.86. The number of epoxide rings is 1. The van der Waals surface area contributed by atoms with Gasteiger partial charge in [-0.3, -0.25) is 0 Å². The Morgan fingerprint density at radius 2 is 1.93 bits per heavy atom. The molecular weight excluding hydrogens is 176 g/mol. The summed E-state index contributed by atoms with van der Waals surface area (Å²) in [6.07, 6.45) is 6.47. The van der Waals surface area contributed by atoms with Crippen LogP contribution < -0.4 is 0 Å². The molecule has 2 nitrogen and oxygen atoms in total. The van der Waals surface area contributed by atoms with E-state index in [0.29, 0.717) is 0 Å². The molecule has 0 bridgehead atoms. The van der Waals surface area contributed by atoms with Crippen molar-refractivity contribution >= 4 is 0 Å². The van der Waals surface area contributed by atoms with E-state index in [4.69, 9.17) is 4.74 Å². The lowest BCUT2D eigenvalue weighted by molar-refractivity contribution is 0.00265. The second-order valence-corrected chi connectivity index (χ2v) is 5.12. The fraction of sp³-hybridized carbons (Fsp3) is 1.00. The molecule has 1 aliphatic heterocycles. The number of hydrogen-bond donors (Lipinski definition) is 1. The van der Waals surface area contributed by atoms with Crippen LogP contribution in [0.3, 0.4) is 0 Å². The van der Waals surface area contributed by atoms with Gasteiger partial charge in [0.2, 0.25) is 0 Å².